The van der Waals surface area contributed by atoms with Gasteiger partial charge in [-0.05, 0) is 36.6 Å². The number of carbonyl (C=O) groups is 2. The van der Waals surface area contributed by atoms with Gasteiger partial charge >= 0.3 is 0 Å². The van der Waals surface area contributed by atoms with Gasteiger partial charge in [0.25, 0.3) is 5.91 Å². The van der Waals surface area contributed by atoms with Crippen LogP contribution in [0.4, 0.5) is 16.5 Å². The second-order valence-corrected chi connectivity index (χ2v) is 9.43. The smallest absolute Gasteiger partial charge is 0.260 e. The van der Waals surface area contributed by atoms with E-state index < -0.39 is 12.0 Å². The van der Waals surface area contributed by atoms with Crippen molar-refractivity contribution < 1.29 is 14.3 Å². The van der Waals surface area contributed by atoms with Crippen LogP contribution in [-0.4, -0.2) is 40.4 Å². The molecule has 1 aromatic heterocycles. The lowest BCUT2D eigenvalue weighted by atomic mass is 10.1. The van der Waals surface area contributed by atoms with Gasteiger partial charge in [0.2, 0.25) is 11.0 Å². The van der Waals surface area contributed by atoms with Crippen molar-refractivity contribution in [1.29, 1.82) is 0 Å². The van der Waals surface area contributed by atoms with Crippen LogP contribution >= 0.6 is 23.1 Å². The lowest BCUT2D eigenvalue weighted by Gasteiger charge is -2.33. The Bertz CT molecular complexity index is 1150. The van der Waals surface area contributed by atoms with Gasteiger partial charge in [0, 0.05) is 5.69 Å². The highest BCUT2D eigenvalue weighted by Gasteiger charge is 2.32. The van der Waals surface area contributed by atoms with Crippen LogP contribution in [0.1, 0.15) is 18.1 Å². The lowest BCUT2D eigenvalue weighted by Crippen LogP contribution is -2.49. The highest BCUT2D eigenvalue weighted by Crippen LogP contribution is 2.35. The summed E-state index contributed by atoms with van der Waals surface area (Å²) in [5.41, 5.74) is 9.43. The normalized spacial score (nSPS) is 15.1. The molecule has 32 heavy (non-hydrogen) atoms. The van der Waals surface area contributed by atoms with Crippen molar-refractivity contribution in [3.63, 3.8) is 0 Å². The molecule has 2 amide bonds. The number of hydrogen-bond acceptors (Lipinski definition) is 8. The molecule has 0 saturated heterocycles. The number of nitrogens with one attached hydrogen (secondary N) is 1. The number of aryl methyl sites for hydroxylation is 2. The van der Waals surface area contributed by atoms with Crippen molar-refractivity contribution in [3.05, 3.63) is 53.6 Å². The predicted octanol–water partition coefficient (Wildman–Crippen LogP) is 3.52. The van der Waals surface area contributed by atoms with Crippen molar-refractivity contribution in [1.82, 2.24) is 10.2 Å². The molecule has 0 fully saturated rings. The Labute approximate surface area is 194 Å². The molecule has 0 saturated carbocycles. The Morgan fingerprint density at radius 2 is 2.06 bits per heavy atom. The number of para-hydroxylation sites is 3. The van der Waals surface area contributed by atoms with Gasteiger partial charge in [0.1, 0.15) is 5.75 Å². The van der Waals surface area contributed by atoms with Crippen LogP contribution in [-0.2, 0) is 16.0 Å². The molecule has 0 bridgehead atoms. The van der Waals surface area contributed by atoms with Crippen LogP contribution < -0.4 is 20.7 Å². The van der Waals surface area contributed by atoms with Crippen LogP contribution in [0.3, 0.4) is 0 Å². The SMILES string of the molecule is CCc1cccc(C)c1Nc1nnc(SCC(=O)N2C[C@H](C(N)=O)Oc3ccccc32)s1. The first-order valence-electron chi connectivity index (χ1n) is 10.1. The van der Waals surface area contributed by atoms with E-state index >= 15 is 0 Å². The Hall–Kier alpha value is -3.11. The van der Waals surface area contributed by atoms with Crippen molar-refractivity contribution in [2.24, 2.45) is 5.73 Å². The van der Waals surface area contributed by atoms with Crippen molar-refractivity contribution in [2.75, 3.05) is 22.5 Å². The number of ether oxygens (including phenoxy) is 1. The summed E-state index contributed by atoms with van der Waals surface area (Å²) in [6, 6.07) is 13.3. The molecule has 0 unspecified atom stereocenters. The number of primary amides is 1. The highest BCUT2D eigenvalue weighted by atomic mass is 32.2. The second kappa shape index (κ2) is 9.58. The number of fused-ring (bicyclic) bond motifs is 1. The van der Waals surface area contributed by atoms with E-state index in [4.69, 9.17) is 10.5 Å². The number of nitrogens with zero attached hydrogens (tertiary/aromatic N) is 3. The molecule has 1 atom stereocenters. The minimum atomic E-state index is -0.877. The Morgan fingerprint density at radius 1 is 1.25 bits per heavy atom. The van der Waals surface area contributed by atoms with E-state index in [9.17, 15) is 9.59 Å². The number of nitrogens with two attached hydrogens (primary N) is 1. The van der Waals surface area contributed by atoms with Gasteiger partial charge in [-0.2, -0.15) is 0 Å². The largest absolute Gasteiger partial charge is 0.477 e. The molecule has 0 radical (unpaired) electrons. The van der Waals surface area contributed by atoms with E-state index in [-0.39, 0.29) is 18.2 Å². The Balaban J connectivity index is 1.43. The van der Waals surface area contributed by atoms with E-state index in [0.717, 1.165) is 17.7 Å². The quantitative estimate of drug-likeness (QED) is 0.509. The van der Waals surface area contributed by atoms with Gasteiger partial charge in [-0.15, -0.1) is 10.2 Å². The summed E-state index contributed by atoms with van der Waals surface area (Å²) < 4.78 is 6.30. The van der Waals surface area contributed by atoms with Crippen LogP contribution in [0.2, 0.25) is 0 Å². The number of rotatable bonds is 7. The summed E-state index contributed by atoms with van der Waals surface area (Å²) in [5.74, 6) is -0.145. The standard InChI is InChI=1S/C22H23N5O3S2/c1-3-14-8-6-7-13(2)19(14)24-21-25-26-22(32-21)31-12-18(28)27-11-17(20(23)29)30-16-10-5-4-9-15(16)27/h4-10,17H,3,11-12H2,1-2H3,(H2,23,29)(H,24,25)/t17-/m1/s1. The number of thioether (sulfide) groups is 1. The minimum absolute atomic E-state index is 0.0851. The number of anilines is 3. The zero-order chi connectivity index (χ0) is 22.7. The van der Waals surface area contributed by atoms with E-state index in [1.165, 1.54) is 28.7 Å². The van der Waals surface area contributed by atoms with Gasteiger partial charge in [0.15, 0.2) is 10.4 Å². The monoisotopic (exact) mass is 469 g/mol. The van der Waals surface area contributed by atoms with E-state index in [1.54, 1.807) is 23.1 Å². The first-order valence-corrected chi connectivity index (χ1v) is 11.9. The van der Waals surface area contributed by atoms with Crippen molar-refractivity contribution in [3.8, 4) is 5.75 Å². The molecule has 2 aromatic carbocycles. The van der Waals surface area contributed by atoms with Crippen LogP contribution in [0.15, 0.2) is 46.8 Å². The molecular formula is C22H23N5O3S2. The number of hydrogen-bond donors (Lipinski definition) is 2. The number of amides is 2. The van der Waals surface area contributed by atoms with Crippen LogP contribution in [0, 0.1) is 6.92 Å². The van der Waals surface area contributed by atoms with Crippen molar-refractivity contribution in [2.45, 2.75) is 30.7 Å². The number of aromatic nitrogens is 2. The predicted molar refractivity (Wildman–Crippen MR) is 127 cm³/mol. The number of benzene rings is 2. The molecule has 8 nitrogen and oxygen atoms in total. The molecular weight excluding hydrogens is 446 g/mol. The van der Waals surface area contributed by atoms with Gasteiger partial charge < -0.3 is 20.7 Å². The summed E-state index contributed by atoms with van der Waals surface area (Å²) >= 11 is 2.70. The fourth-order valence-corrected chi connectivity index (χ4v) is 5.08. The minimum Gasteiger partial charge on any atom is -0.477 e. The number of carbonyl (C=O) groups excluding carboxylic acids is 2. The average Bonchev–Trinajstić information content (AvgIpc) is 3.25. The van der Waals surface area contributed by atoms with Gasteiger partial charge in [-0.25, -0.2) is 0 Å². The highest BCUT2D eigenvalue weighted by molar-refractivity contribution is 8.01. The maximum atomic E-state index is 13.0. The summed E-state index contributed by atoms with van der Waals surface area (Å²) in [6.07, 6.45) is 0.0322. The molecule has 0 aliphatic carbocycles. The average molecular weight is 470 g/mol. The maximum absolute atomic E-state index is 13.0. The summed E-state index contributed by atoms with van der Waals surface area (Å²) in [4.78, 5) is 26.2. The summed E-state index contributed by atoms with van der Waals surface area (Å²) in [6.45, 7) is 4.25. The van der Waals surface area contributed by atoms with E-state index in [1.807, 2.05) is 12.1 Å². The zero-order valence-electron chi connectivity index (χ0n) is 17.7. The molecule has 1 aliphatic heterocycles. The third-order valence-electron chi connectivity index (χ3n) is 5.09. The van der Waals surface area contributed by atoms with Gasteiger partial charge in [-0.1, -0.05) is 60.4 Å². The van der Waals surface area contributed by atoms with Gasteiger partial charge in [-0.3, -0.25) is 9.59 Å². The zero-order valence-corrected chi connectivity index (χ0v) is 19.3. The fourth-order valence-electron chi connectivity index (χ4n) is 3.45. The third-order valence-corrected chi connectivity index (χ3v) is 7.05. The molecule has 3 aromatic rings. The van der Waals surface area contributed by atoms with Crippen LogP contribution in [0.25, 0.3) is 0 Å². The molecule has 10 heteroatoms. The van der Waals surface area contributed by atoms with Crippen LogP contribution in [0.5, 0.6) is 5.75 Å². The molecule has 3 N–H and O–H groups in total. The van der Waals surface area contributed by atoms with E-state index in [0.29, 0.717) is 20.9 Å². The molecule has 1 aliphatic rings. The lowest BCUT2D eigenvalue weighted by molar-refractivity contribution is -0.125. The Morgan fingerprint density at radius 3 is 2.84 bits per heavy atom. The summed E-state index contributed by atoms with van der Waals surface area (Å²) in [7, 11) is 0. The molecule has 4 rings (SSSR count). The maximum Gasteiger partial charge on any atom is 0.260 e. The van der Waals surface area contributed by atoms with E-state index in [2.05, 4.69) is 41.5 Å². The fraction of sp³-hybridized carbons (Fsp3) is 0.273. The second-order valence-electron chi connectivity index (χ2n) is 7.23. The first-order chi connectivity index (χ1) is 15.5. The van der Waals surface area contributed by atoms with Crippen molar-refractivity contribution >= 4 is 51.4 Å². The van der Waals surface area contributed by atoms with Gasteiger partial charge in [0.05, 0.1) is 18.0 Å². The first kappa shape index (κ1) is 22.1. The molecule has 166 valence electrons. The summed E-state index contributed by atoms with van der Waals surface area (Å²) in [5, 5.41) is 12.5. The Kier molecular flexibility index (Phi) is 6.61. The topological polar surface area (TPSA) is 110 Å². The third kappa shape index (κ3) is 4.71. The molecule has 2 heterocycles. The molecule has 0 spiro atoms.